The molecule has 0 heterocycles. The molecule has 0 fully saturated rings. The number of aliphatic hydroxyl groups excluding tert-OH is 2. The lowest BCUT2D eigenvalue weighted by atomic mass is 10.0. The number of amides is 1. The zero-order valence-corrected chi connectivity index (χ0v) is 10.4. The number of thiocarbonyl (C=S) groups is 1. The first-order valence-electron chi connectivity index (χ1n) is 5.38. The van der Waals surface area contributed by atoms with Gasteiger partial charge in [0, 0.05) is 13.1 Å². The van der Waals surface area contributed by atoms with Crippen molar-refractivity contribution in [2.24, 2.45) is 11.7 Å². The number of rotatable bonds is 8. The molecule has 0 radical (unpaired) electrons. The van der Waals surface area contributed by atoms with Gasteiger partial charge in [0.2, 0.25) is 5.91 Å². The minimum Gasteiger partial charge on any atom is -0.395 e. The molecule has 0 aliphatic rings. The Morgan fingerprint density at radius 2 is 1.88 bits per heavy atom. The molecule has 6 heteroatoms. The predicted octanol–water partition coefficient (Wildman–Crippen LogP) is -0.498. The van der Waals surface area contributed by atoms with Crippen LogP contribution in [0.3, 0.4) is 0 Å². The van der Waals surface area contributed by atoms with Crippen LogP contribution in [0.5, 0.6) is 0 Å². The number of hydrogen-bond donors (Lipinski definition) is 3. The highest BCUT2D eigenvalue weighted by atomic mass is 32.1. The number of nitrogens with two attached hydrogens (primary N) is 1. The van der Waals surface area contributed by atoms with Gasteiger partial charge in [0.15, 0.2) is 0 Å². The van der Waals surface area contributed by atoms with Crippen LogP contribution in [-0.2, 0) is 4.79 Å². The van der Waals surface area contributed by atoms with Crippen molar-refractivity contribution in [2.75, 3.05) is 26.3 Å². The molecule has 1 amide bonds. The molecule has 5 nitrogen and oxygen atoms in total. The van der Waals surface area contributed by atoms with Crippen molar-refractivity contribution in [3.05, 3.63) is 0 Å². The summed E-state index contributed by atoms with van der Waals surface area (Å²) < 4.78 is 0. The van der Waals surface area contributed by atoms with Crippen molar-refractivity contribution in [3.8, 4) is 0 Å². The third-order valence-corrected chi connectivity index (χ3v) is 2.55. The van der Waals surface area contributed by atoms with E-state index in [4.69, 9.17) is 28.2 Å². The average molecular weight is 248 g/mol. The lowest BCUT2D eigenvalue weighted by Crippen LogP contribution is -2.43. The van der Waals surface area contributed by atoms with Gasteiger partial charge in [-0.1, -0.05) is 25.6 Å². The standard InChI is InChI=1S/C10H20N2O3S/c1-2-3-8(9(11)16)10(15)12(4-6-13)5-7-14/h8,13-14H,2-7H2,1H3,(H2,11,16). The minimum atomic E-state index is -0.488. The van der Waals surface area contributed by atoms with Crippen LogP contribution in [0.2, 0.25) is 0 Å². The second-order valence-electron chi connectivity index (χ2n) is 3.52. The van der Waals surface area contributed by atoms with Gasteiger partial charge in [-0.25, -0.2) is 0 Å². The van der Waals surface area contributed by atoms with Gasteiger partial charge in [-0.2, -0.15) is 0 Å². The summed E-state index contributed by atoms with van der Waals surface area (Å²) in [6.07, 6.45) is 1.40. The van der Waals surface area contributed by atoms with Crippen LogP contribution in [0.15, 0.2) is 0 Å². The Morgan fingerprint density at radius 3 is 2.19 bits per heavy atom. The van der Waals surface area contributed by atoms with Crippen LogP contribution in [0.1, 0.15) is 19.8 Å². The summed E-state index contributed by atoms with van der Waals surface area (Å²) in [5, 5.41) is 17.6. The first-order valence-corrected chi connectivity index (χ1v) is 5.79. The minimum absolute atomic E-state index is 0.137. The lowest BCUT2D eigenvalue weighted by molar-refractivity contribution is -0.134. The van der Waals surface area contributed by atoms with Crippen LogP contribution < -0.4 is 5.73 Å². The monoisotopic (exact) mass is 248 g/mol. The maximum Gasteiger partial charge on any atom is 0.232 e. The van der Waals surface area contributed by atoms with Crippen LogP contribution in [0, 0.1) is 5.92 Å². The number of nitrogens with zero attached hydrogens (tertiary/aromatic N) is 1. The van der Waals surface area contributed by atoms with Crippen LogP contribution in [0.4, 0.5) is 0 Å². The molecule has 1 unspecified atom stereocenters. The summed E-state index contributed by atoms with van der Waals surface area (Å²) in [5.41, 5.74) is 5.51. The maximum absolute atomic E-state index is 12.0. The van der Waals surface area contributed by atoms with Crippen LogP contribution >= 0.6 is 12.2 Å². The molecule has 1 atom stereocenters. The number of carbonyl (C=O) groups excluding carboxylic acids is 1. The molecule has 94 valence electrons. The van der Waals surface area contributed by atoms with Crippen molar-refractivity contribution >= 4 is 23.1 Å². The van der Waals surface area contributed by atoms with Crippen molar-refractivity contribution in [3.63, 3.8) is 0 Å². The van der Waals surface area contributed by atoms with Gasteiger partial charge in [0.25, 0.3) is 0 Å². The Balaban J connectivity index is 4.58. The van der Waals surface area contributed by atoms with Crippen molar-refractivity contribution in [2.45, 2.75) is 19.8 Å². The first kappa shape index (κ1) is 15.3. The van der Waals surface area contributed by atoms with Crippen LogP contribution in [-0.4, -0.2) is 52.3 Å². The Kier molecular flexibility index (Phi) is 8.05. The molecule has 16 heavy (non-hydrogen) atoms. The molecular formula is C10H20N2O3S. The largest absolute Gasteiger partial charge is 0.395 e. The fourth-order valence-electron chi connectivity index (χ4n) is 1.47. The van der Waals surface area contributed by atoms with Gasteiger partial charge in [0.05, 0.1) is 24.1 Å². The Bertz CT molecular complexity index is 230. The van der Waals surface area contributed by atoms with E-state index in [1.54, 1.807) is 0 Å². The predicted molar refractivity (Wildman–Crippen MR) is 65.9 cm³/mol. The van der Waals surface area contributed by atoms with Crippen molar-refractivity contribution < 1.29 is 15.0 Å². The molecule has 0 aromatic carbocycles. The number of hydrogen-bond acceptors (Lipinski definition) is 4. The maximum atomic E-state index is 12.0. The normalized spacial score (nSPS) is 12.2. The quantitative estimate of drug-likeness (QED) is 0.504. The van der Waals surface area contributed by atoms with E-state index < -0.39 is 5.92 Å². The van der Waals surface area contributed by atoms with Gasteiger partial charge < -0.3 is 20.8 Å². The van der Waals surface area contributed by atoms with E-state index in [9.17, 15) is 4.79 Å². The van der Waals surface area contributed by atoms with E-state index in [1.807, 2.05) is 6.92 Å². The fourth-order valence-corrected chi connectivity index (χ4v) is 1.69. The molecule has 0 rings (SSSR count). The number of carbonyl (C=O) groups is 1. The highest BCUT2D eigenvalue weighted by Crippen LogP contribution is 2.11. The van der Waals surface area contributed by atoms with Gasteiger partial charge in [-0.05, 0) is 6.42 Å². The molecule has 4 N–H and O–H groups in total. The van der Waals surface area contributed by atoms with Gasteiger partial charge in [-0.15, -0.1) is 0 Å². The molecule has 0 saturated carbocycles. The Hall–Kier alpha value is -0.720. The van der Waals surface area contributed by atoms with Gasteiger partial charge >= 0.3 is 0 Å². The van der Waals surface area contributed by atoms with Crippen molar-refractivity contribution in [1.82, 2.24) is 4.90 Å². The third-order valence-electron chi connectivity index (χ3n) is 2.27. The lowest BCUT2D eigenvalue weighted by Gasteiger charge is -2.25. The summed E-state index contributed by atoms with van der Waals surface area (Å²) in [6.45, 7) is 2.06. The average Bonchev–Trinajstić information content (AvgIpc) is 2.24. The second-order valence-corrected chi connectivity index (χ2v) is 3.99. The topological polar surface area (TPSA) is 86.8 Å². The molecule has 0 spiro atoms. The van der Waals surface area contributed by atoms with Gasteiger partial charge in [0.1, 0.15) is 0 Å². The zero-order valence-electron chi connectivity index (χ0n) is 9.56. The summed E-state index contributed by atoms with van der Waals surface area (Å²) in [5.74, 6) is -0.699. The van der Waals surface area contributed by atoms with Crippen molar-refractivity contribution in [1.29, 1.82) is 0 Å². The molecule has 0 aliphatic heterocycles. The van der Waals surface area contributed by atoms with E-state index in [0.29, 0.717) is 6.42 Å². The van der Waals surface area contributed by atoms with E-state index in [0.717, 1.165) is 6.42 Å². The van der Waals surface area contributed by atoms with Crippen LogP contribution in [0.25, 0.3) is 0 Å². The van der Waals surface area contributed by atoms with E-state index in [-0.39, 0.29) is 37.2 Å². The van der Waals surface area contributed by atoms with E-state index in [1.165, 1.54) is 4.90 Å². The summed E-state index contributed by atoms with van der Waals surface area (Å²) in [4.78, 5) is 13.6. The molecular weight excluding hydrogens is 228 g/mol. The number of aliphatic hydroxyl groups is 2. The second kappa shape index (κ2) is 8.43. The molecule has 0 aromatic heterocycles. The zero-order chi connectivity index (χ0) is 12.6. The third kappa shape index (κ3) is 4.87. The van der Waals surface area contributed by atoms with Gasteiger partial charge in [-0.3, -0.25) is 4.79 Å². The highest BCUT2D eigenvalue weighted by Gasteiger charge is 2.25. The molecule has 0 aliphatic carbocycles. The molecule has 0 saturated heterocycles. The Morgan fingerprint density at radius 1 is 1.38 bits per heavy atom. The fraction of sp³-hybridized carbons (Fsp3) is 0.800. The molecule has 0 aromatic rings. The summed E-state index contributed by atoms with van der Waals surface area (Å²) >= 11 is 4.85. The van der Waals surface area contributed by atoms with E-state index in [2.05, 4.69) is 0 Å². The highest BCUT2D eigenvalue weighted by molar-refractivity contribution is 7.80. The molecule has 0 bridgehead atoms. The summed E-state index contributed by atoms with van der Waals surface area (Å²) in [7, 11) is 0. The summed E-state index contributed by atoms with van der Waals surface area (Å²) in [6, 6.07) is 0. The Labute approximate surface area is 101 Å². The smallest absolute Gasteiger partial charge is 0.232 e. The first-order chi connectivity index (χ1) is 7.58. The van der Waals surface area contributed by atoms with E-state index >= 15 is 0 Å². The SMILES string of the molecule is CCCC(C(=O)N(CCO)CCO)C(N)=S.